The topological polar surface area (TPSA) is 59.1 Å². The van der Waals surface area contributed by atoms with Crippen LogP contribution in [0.4, 0.5) is 5.69 Å². The first-order valence-electron chi connectivity index (χ1n) is 5.67. The van der Waals surface area contributed by atoms with Gasteiger partial charge in [0.2, 0.25) is 10.0 Å². The summed E-state index contributed by atoms with van der Waals surface area (Å²) in [5.41, 5.74) is 1.44. The van der Waals surface area contributed by atoms with Crippen LogP contribution in [0.5, 0.6) is 0 Å². The summed E-state index contributed by atoms with van der Waals surface area (Å²) in [6, 6.07) is 7.19. The number of alkyl halides is 1. The van der Waals surface area contributed by atoms with Gasteiger partial charge in [0.15, 0.2) is 0 Å². The maximum atomic E-state index is 11.8. The predicted octanol–water partition coefficient (Wildman–Crippen LogP) is 3.18. The Morgan fingerprint density at radius 1 is 1.37 bits per heavy atom. The highest BCUT2D eigenvalue weighted by Crippen LogP contribution is 2.24. The molecule has 0 saturated heterocycles. The van der Waals surface area contributed by atoms with Gasteiger partial charge in [-0.1, -0.05) is 12.1 Å². The van der Waals surface area contributed by atoms with Crippen LogP contribution >= 0.6 is 22.9 Å². The molecule has 0 bridgehead atoms. The van der Waals surface area contributed by atoms with Crippen molar-refractivity contribution in [3.63, 3.8) is 0 Å². The van der Waals surface area contributed by atoms with Crippen molar-refractivity contribution in [2.45, 2.75) is 6.42 Å². The van der Waals surface area contributed by atoms with Crippen LogP contribution in [0.3, 0.4) is 0 Å². The number of rotatable bonds is 6. The maximum Gasteiger partial charge on any atom is 0.232 e. The molecular formula is C12H13ClN2O2S2. The van der Waals surface area contributed by atoms with Crippen molar-refractivity contribution in [2.24, 2.45) is 0 Å². The van der Waals surface area contributed by atoms with E-state index in [0.717, 1.165) is 10.6 Å². The van der Waals surface area contributed by atoms with Crippen LogP contribution < -0.4 is 4.72 Å². The fourth-order valence-corrected chi connectivity index (χ4v) is 3.60. The molecule has 19 heavy (non-hydrogen) atoms. The smallest absolute Gasteiger partial charge is 0.232 e. The van der Waals surface area contributed by atoms with Crippen molar-refractivity contribution < 1.29 is 8.42 Å². The van der Waals surface area contributed by atoms with Gasteiger partial charge in [-0.2, -0.15) is 0 Å². The first-order valence-corrected chi connectivity index (χ1v) is 8.74. The Kier molecular flexibility index (Phi) is 4.79. The molecule has 7 heteroatoms. The van der Waals surface area contributed by atoms with Gasteiger partial charge < -0.3 is 0 Å². The molecule has 0 aliphatic carbocycles. The van der Waals surface area contributed by atoms with Crippen molar-refractivity contribution in [3.05, 3.63) is 35.8 Å². The van der Waals surface area contributed by atoms with E-state index in [-0.39, 0.29) is 5.75 Å². The highest BCUT2D eigenvalue weighted by Gasteiger charge is 2.10. The van der Waals surface area contributed by atoms with Crippen molar-refractivity contribution >= 4 is 38.6 Å². The molecule has 0 aliphatic heterocycles. The summed E-state index contributed by atoms with van der Waals surface area (Å²) in [5.74, 6) is 0.359. The second kappa shape index (κ2) is 6.36. The van der Waals surface area contributed by atoms with Gasteiger partial charge in [0.05, 0.1) is 5.75 Å². The molecule has 2 rings (SSSR count). The molecule has 0 aliphatic rings. The molecule has 1 aromatic carbocycles. The van der Waals surface area contributed by atoms with Crippen LogP contribution in [0.2, 0.25) is 0 Å². The lowest BCUT2D eigenvalue weighted by Crippen LogP contribution is -2.16. The fraction of sp³-hybridized carbons (Fsp3) is 0.250. The van der Waals surface area contributed by atoms with E-state index in [0.29, 0.717) is 18.0 Å². The summed E-state index contributed by atoms with van der Waals surface area (Å²) in [6.07, 6.45) is 2.15. The zero-order valence-corrected chi connectivity index (χ0v) is 12.4. The van der Waals surface area contributed by atoms with Crippen LogP contribution in [0.25, 0.3) is 10.6 Å². The highest BCUT2D eigenvalue weighted by atomic mass is 35.5. The Morgan fingerprint density at radius 3 is 2.89 bits per heavy atom. The van der Waals surface area contributed by atoms with Crippen LogP contribution in [0, 0.1) is 0 Å². The number of thiazole rings is 1. The Balaban J connectivity index is 2.16. The molecule has 1 heterocycles. The Hall–Kier alpha value is -1.11. The Labute approximate surface area is 121 Å². The average Bonchev–Trinajstić information content (AvgIpc) is 2.90. The van der Waals surface area contributed by atoms with Crippen molar-refractivity contribution in [2.75, 3.05) is 16.4 Å². The molecule has 0 unspecified atom stereocenters. The number of aromatic nitrogens is 1. The van der Waals surface area contributed by atoms with Gasteiger partial charge in [0.25, 0.3) is 0 Å². The van der Waals surface area contributed by atoms with Crippen molar-refractivity contribution in [3.8, 4) is 10.6 Å². The summed E-state index contributed by atoms with van der Waals surface area (Å²) >= 11 is 7.02. The van der Waals surface area contributed by atoms with Crippen molar-refractivity contribution in [1.29, 1.82) is 0 Å². The molecule has 4 nitrogen and oxygen atoms in total. The number of halogens is 1. The van der Waals surface area contributed by atoms with Gasteiger partial charge in [-0.15, -0.1) is 22.9 Å². The predicted molar refractivity (Wildman–Crippen MR) is 80.3 cm³/mol. The third kappa shape index (κ3) is 4.19. The number of nitrogens with zero attached hydrogens (tertiary/aromatic N) is 1. The summed E-state index contributed by atoms with van der Waals surface area (Å²) in [6.45, 7) is 0. The third-order valence-electron chi connectivity index (χ3n) is 2.36. The van der Waals surface area contributed by atoms with Gasteiger partial charge in [-0.3, -0.25) is 4.72 Å². The zero-order valence-electron chi connectivity index (χ0n) is 10.0. The Bertz CT molecular complexity index is 627. The maximum absolute atomic E-state index is 11.8. The lowest BCUT2D eigenvalue weighted by Gasteiger charge is -2.08. The van der Waals surface area contributed by atoms with Crippen LogP contribution in [0.1, 0.15) is 6.42 Å². The lowest BCUT2D eigenvalue weighted by atomic mass is 10.2. The second-order valence-electron chi connectivity index (χ2n) is 3.88. The first kappa shape index (κ1) is 14.3. The number of anilines is 1. The van der Waals surface area contributed by atoms with Gasteiger partial charge in [-0.25, -0.2) is 13.4 Å². The lowest BCUT2D eigenvalue weighted by molar-refractivity contribution is 0.600. The minimum atomic E-state index is -3.33. The number of benzene rings is 1. The molecule has 1 aromatic heterocycles. The normalized spacial score (nSPS) is 11.4. The van der Waals surface area contributed by atoms with Gasteiger partial charge in [-0.05, 0) is 18.6 Å². The van der Waals surface area contributed by atoms with E-state index in [9.17, 15) is 8.42 Å². The number of sulfonamides is 1. The SMILES string of the molecule is O=S(=O)(CCCCl)Nc1cccc(-c2nccs2)c1. The molecule has 0 atom stereocenters. The molecule has 102 valence electrons. The minimum absolute atomic E-state index is 0.0258. The van der Waals surface area contributed by atoms with E-state index in [1.807, 2.05) is 11.4 Å². The van der Waals surface area contributed by atoms with E-state index < -0.39 is 10.0 Å². The largest absolute Gasteiger partial charge is 0.284 e. The van der Waals surface area contributed by atoms with Crippen molar-refractivity contribution in [1.82, 2.24) is 4.98 Å². The average molecular weight is 317 g/mol. The summed E-state index contributed by atoms with van der Waals surface area (Å²) in [5, 5.41) is 2.74. The quantitative estimate of drug-likeness (QED) is 0.833. The molecule has 0 fully saturated rings. The van der Waals surface area contributed by atoms with E-state index in [4.69, 9.17) is 11.6 Å². The molecule has 1 N–H and O–H groups in total. The van der Waals surface area contributed by atoms with E-state index in [1.54, 1.807) is 24.4 Å². The number of hydrogen-bond donors (Lipinski definition) is 1. The second-order valence-corrected chi connectivity index (χ2v) is 7.00. The van der Waals surface area contributed by atoms with Crippen LogP contribution in [-0.4, -0.2) is 25.0 Å². The summed E-state index contributed by atoms with van der Waals surface area (Å²) in [4.78, 5) is 4.20. The van der Waals surface area contributed by atoms with Crippen LogP contribution in [0.15, 0.2) is 35.8 Å². The fourth-order valence-electron chi connectivity index (χ4n) is 1.56. The van der Waals surface area contributed by atoms with E-state index >= 15 is 0 Å². The molecule has 2 aromatic rings. The molecule has 0 spiro atoms. The summed E-state index contributed by atoms with van der Waals surface area (Å²) in [7, 11) is -3.33. The Morgan fingerprint density at radius 2 is 2.21 bits per heavy atom. The molecule has 0 amide bonds. The monoisotopic (exact) mass is 316 g/mol. The number of hydrogen-bond acceptors (Lipinski definition) is 4. The standard InChI is InChI=1S/C12H13ClN2O2S2/c13-5-2-8-19(16,17)15-11-4-1-3-10(9-11)12-14-6-7-18-12/h1,3-4,6-7,9,15H,2,5,8H2. The molecule has 0 saturated carbocycles. The van der Waals surface area contributed by atoms with E-state index in [1.165, 1.54) is 11.3 Å². The molecular weight excluding hydrogens is 304 g/mol. The van der Waals surface area contributed by atoms with E-state index in [2.05, 4.69) is 9.71 Å². The third-order valence-corrected chi connectivity index (χ3v) is 4.82. The van der Waals surface area contributed by atoms with Gasteiger partial charge >= 0.3 is 0 Å². The number of nitrogens with one attached hydrogen (secondary N) is 1. The van der Waals surface area contributed by atoms with Gasteiger partial charge in [0.1, 0.15) is 5.01 Å². The zero-order chi connectivity index (χ0) is 13.7. The van der Waals surface area contributed by atoms with Crippen LogP contribution in [-0.2, 0) is 10.0 Å². The first-order chi connectivity index (χ1) is 9.11. The van der Waals surface area contributed by atoms with Gasteiger partial charge in [0, 0.05) is 28.7 Å². The minimum Gasteiger partial charge on any atom is -0.284 e. The molecule has 0 radical (unpaired) electrons. The highest BCUT2D eigenvalue weighted by molar-refractivity contribution is 7.92. The summed E-state index contributed by atoms with van der Waals surface area (Å²) < 4.78 is 26.1.